The number of rotatable bonds is 3. The van der Waals surface area contributed by atoms with Crippen LogP contribution < -0.4 is 0 Å². The second kappa shape index (κ2) is 4.97. The minimum Gasteiger partial charge on any atom is -0.466 e. The number of carbonyl (C=O) groups excluding carboxylic acids is 1. The summed E-state index contributed by atoms with van der Waals surface area (Å²) in [6.45, 7) is 2.90. The molecule has 2 aliphatic rings. The molecule has 1 unspecified atom stereocenters. The van der Waals surface area contributed by atoms with Gasteiger partial charge >= 0.3 is 5.97 Å². The molecule has 1 saturated heterocycles. The smallest absolute Gasteiger partial charge is 0.302 e. The molecule has 3 atom stereocenters. The molecule has 1 aliphatic heterocycles. The fourth-order valence-corrected chi connectivity index (χ4v) is 2.92. The van der Waals surface area contributed by atoms with Crippen LogP contribution in [0.25, 0.3) is 0 Å². The van der Waals surface area contributed by atoms with Crippen molar-refractivity contribution in [3.05, 3.63) is 0 Å². The van der Waals surface area contributed by atoms with Crippen molar-refractivity contribution in [1.29, 1.82) is 0 Å². The molecule has 0 amide bonds. The quantitative estimate of drug-likeness (QED) is 0.672. The van der Waals surface area contributed by atoms with Gasteiger partial charge in [-0.2, -0.15) is 0 Å². The van der Waals surface area contributed by atoms with Gasteiger partial charge in [0.05, 0.1) is 19.3 Å². The van der Waals surface area contributed by atoms with Gasteiger partial charge < -0.3 is 9.47 Å². The van der Waals surface area contributed by atoms with E-state index in [1.807, 2.05) is 0 Å². The number of ether oxygens (including phenoxy) is 2. The van der Waals surface area contributed by atoms with E-state index >= 15 is 0 Å². The molecule has 1 saturated carbocycles. The Hall–Kier alpha value is -0.570. The Morgan fingerprint density at radius 3 is 3.00 bits per heavy atom. The van der Waals surface area contributed by atoms with E-state index in [0.29, 0.717) is 12.7 Å². The summed E-state index contributed by atoms with van der Waals surface area (Å²) < 4.78 is 10.8. The van der Waals surface area contributed by atoms with Crippen LogP contribution in [0.4, 0.5) is 0 Å². The number of esters is 1. The average Bonchev–Trinajstić information content (AvgIpc) is 2.62. The second-order valence-corrected chi connectivity index (χ2v) is 4.71. The minimum atomic E-state index is -0.187. The minimum absolute atomic E-state index is 0.187. The van der Waals surface area contributed by atoms with Crippen molar-refractivity contribution in [3.8, 4) is 0 Å². The van der Waals surface area contributed by atoms with E-state index < -0.39 is 0 Å². The Bertz CT molecular complexity index is 227. The molecule has 3 nitrogen and oxygen atoms in total. The third-order valence-electron chi connectivity index (χ3n) is 3.68. The first-order valence-electron chi connectivity index (χ1n) is 6.02. The highest BCUT2D eigenvalue weighted by molar-refractivity contribution is 5.65. The Balaban J connectivity index is 1.75. The lowest BCUT2D eigenvalue weighted by molar-refractivity contribution is -0.141. The molecule has 0 N–H and O–H groups in total. The second-order valence-electron chi connectivity index (χ2n) is 4.71. The summed E-state index contributed by atoms with van der Waals surface area (Å²) in [5.41, 5.74) is 0. The van der Waals surface area contributed by atoms with Crippen LogP contribution in [-0.4, -0.2) is 25.3 Å². The Morgan fingerprint density at radius 2 is 2.20 bits per heavy atom. The molecule has 0 aromatic rings. The molecule has 15 heavy (non-hydrogen) atoms. The molecule has 0 aromatic heterocycles. The van der Waals surface area contributed by atoms with Gasteiger partial charge in [-0.15, -0.1) is 0 Å². The van der Waals surface area contributed by atoms with Gasteiger partial charge in [0, 0.05) is 13.3 Å². The van der Waals surface area contributed by atoms with Crippen LogP contribution in [0.3, 0.4) is 0 Å². The van der Waals surface area contributed by atoms with Gasteiger partial charge in [0.1, 0.15) is 0 Å². The average molecular weight is 212 g/mol. The molecule has 1 heterocycles. The Kier molecular flexibility index (Phi) is 3.62. The van der Waals surface area contributed by atoms with Gasteiger partial charge in [-0.1, -0.05) is 12.8 Å². The maximum absolute atomic E-state index is 10.6. The Morgan fingerprint density at radius 1 is 1.40 bits per heavy atom. The van der Waals surface area contributed by atoms with Crippen molar-refractivity contribution >= 4 is 5.97 Å². The summed E-state index contributed by atoms with van der Waals surface area (Å²) in [4.78, 5) is 10.6. The van der Waals surface area contributed by atoms with Crippen LogP contribution >= 0.6 is 0 Å². The fourth-order valence-electron chi connectivity index (χ4n) is 2.92. The summed E-state index contributed by atoms with van der Waals surface area (Å²) in [5, 5.41) is 0. The van der Waals surface area contributed by atoms with Gasteiger partial charge in [0.25, 0.3) is 0 Å². The molecular formula is C12H20O3. The molecule has 3 heteroatoms. The standard InChI is InChI=1S/C12H20O3/c1-9(13)14-7-6-12-11-5-3-2-4-10(11)8-15-12/h10-12H,2-8H2,1H3/t10-,11-,12?/m0/s1. The molecule has 0 spiro atoms. The summed E-state index contributed by atoms with van der Waals surface area (Å²) in [5.74, 6) is 1.32. The molecule has 0 bridgehead atoms. The topological polar surface area (TPSA) is 35.5 Å². The SMILES string of the molecule is CC(=O)OCCC1OC[C@@H]2CCCC[C@H]12. The van der Waals surface area contributed by atoms with Crippen LogP contribution in [0.15, 0.2) is 0 Å². The highest BCUT2D eigenvalue weighted by Gasteiger charge is 2.38. The zero-order valence-corrected chi connectivity index (χ0v) is 9.41. The molecule has 2 fully saturated rings. The maximum atomic E-state index is 10.6. The van der Waals surface area contributed by atoms with Gasteiger partial charge in [0.15, 0.2) is 0 Å². The van der Waals surface area contributed by atoms with E-state index in [0.717, 1.165) is 24.9 Å². The van der Waals surface area contributed by atoms with Crippen molar-refractivity contribution in [2.75, 3.05) is 13.2 Å². The van der Waals surface area contributed by atoms with E-state index in [-0.39, 0.29) is 5.97 Å². The van der Waals surface area contributed by atoms with E-state index in [1.165, 1.54) is 32.6 Å². The molecule has 2 rings (SSSR count). The molecule has 86 valence electrons. The largest absolute Gasteiger partial charge is 0.466 e. The van der Waals surface area contributed by atoms with Crippen molar-refractivity contribution in [2.45, 2.75) is 45.1 Å². The van der Waals surface area contributed by atoms with Crippen LogP contribution in [-0.2, 0) is 14.3 Å². The molecular weight excluding hydrogens is 192 g/mol. The van der Waals surface area contributed by atoms with Crippen LogP contribution in [0.5, 0.6) is 0 Å². The van der Waals surface area contributed by atoms with E-state index in [4.69, 9.17) is 9.47 Å². The monoisotopic (exact) mass is 212 g/mol. The van der Waals surface area contributed by atoms with E-state index in [1.54, 1.807) is 0 Å². The highest BCUT2D eigenvalue weighted by Crippen LogP contribution is 2.39. The third kappa shape index (κ3) is 2.71. The van der Waals surface area contributed by atoms with Crippen LogP contribution in [0, 0.1) is 11.8 Å². The lowest BCUT2D eigenvalue weighted by Crippen LogP contribution is -2.25. The first-order chi connectivity index (χ1) is 7.27. The summed E-state index contributed by atoms with van der Waals surface area (Å²) in [6, 6.07) is 0. The predicted octanol–water partition coefficient (Wildman–Crippen LogP) is 2.14. The van der Waals surface area contributed by atoms with E-state index in [2.05, 4.69) is 0 Å². The van der Waals surface area contributed by atoms with Gasteiger partial charge in [-0.3, -0.25) is 4.79 Å². The summed E-state index contributed by atoms with van der Waals surface area (Å²) >= 11 is 0. The van der Waals surface area contributed by atoms with Crippen molar-refractivity contribution in [1.82, 2.24) is 0 Å². The first-order valence-corrected chi connectivity index (χ1v) is 6.02. The van der Waals surface area contributed by atoms with Crippen LogP contribution in [0.1, 0.15) is 39.0 Å². The molecule has 1 aliphatic carbocycles. The lowest BCUT2D eigenvalue weighted by Gasteiger charge is -2.26. The number of carbonyl (C=O) groups is 1. The lowest BCUT2D eigenvalue weighted by atomic mass is 9.78. The van der Waals surface area contributed by atoms with Gasteiger partial charge in [-0.25, -0.2) is 0 Å². The van der Waals surface area contributed by atoms with Crippen molar-refractivity contribution < 1.29 is 14.3 Å². The predicted molar refractivity (Wildman–Crippen MR) is 56.4 cm³/mol. The number of hydrogen-bond acceptors (Lipinski definition) is 3. The maximum Gasteiger partial charge on any atom is 0.302 e. The van der Waals surface area contributed by atoms with Gasteiger partial charge in [0.2, 0.25) is 0 Å². The number of hydrogen-bond donors (Lipinski definition) is 0. The van der Waals surface area contributed by atoms with E-state index in [9.17, 15) is 4.79 Å². The van der Waals surface area contributed by atoms with Crippen molar-refractivity contribution in [2.24, 2.45) is 11.8 Å². The highest BCUT2D eigenvalue weighted by atomic mass is 16.5. The summed E-state index contributed by atoms with van der Waals surface area (Å²) in [6.07, 6.45) is 6.55. The van der Waals surface area contributed by atoms with Crippen molar-refractivity contribution in [3.63, 3.8) is 0 Å². The molecule has 0 aromatic carbocycles. The first kappa shape index (κ1) is 10.9. The molecule has 0 radical (unpaired) electrons. The summed E-state index contributed by atoms with van der Waals surface area (Å²) in [7, 11) is 0. The third-order valence-corrected chi connectivity index (χ3v) is 3.68. The Labute approximate surface area is 91.1 Å². The van der Waals surface area contributed by atoms with Crippen LogP contribution in [0.2, 0.25) is 0 Å². The zero-order chi connectivity index (χ0) is 10.7. The fraction of sp³-hybridized carbons (Fsp3) is 0.917. The zero-order valence-electron chi connectivity index (χ0n) is 9.41. The normalized spacial score (nSPS) is 34.9. The number of fused-ring (bicyclic) bond motifs is 1. The van der Waals surface area contributed by atoms with Gasteiger partial charge in [-0.05, 0) is 24.7 Å².